The molecule has 0 unspecified atom stereocenters. The van der Waals surface area contributed by atoms with Crippen molar-refractivity contribution >= 4 is 12.0 Å². The van der Waals surface area contributed by atoms with Gasteiger partial charge in [-0.2, -0.15) is 0 Å². The Morgan fingerprint density at radius 3 is 2.19 bits per heavy atom. The third kappa shape index (κ3) is 5.39. The molecule has 0 saturated heterocycles. The van der Waals surface area contributed by atoms with Crippen LogP contribution in [0.4, 0.5) is 0 Å². The van der Waals surface area contributed by atoms with E-state index in [0.29, 0.717) is 28.4 Å². The van der Waals surface area contributed by atoms with Crippen LogP contribution in [-0.2, 0) is 4.79 Å². The molecule has 0 aromatic heterocycles. The summed E-state index contributed by atoms with van der Waals surface area (Å²) in [5.74, 6) is 1.20. The summed E-state index contributed by atoms with van der Waals surface area (Å²) in [5.41, 5.74) is 1.29. The summed E-state index contributed by atoms with van der Waals surface area (Å²) in [6.07, 6.45) is 2.08. The Morgan fingerprint density at radius 2 is 1.67 bits per heavy atom. The first-order valence-corrected chi connectivity index (χ1v) is 8.21. The van der Waals surface area contributed by atoms with Crippen molar-refractivity contribution in [3.05, 3.63) is 53.6 Å². The van der Waals surface area contributed by atoms with Crippen LogP contribution in [-0.4, -0.2) is 44.0 Å². The average Bonchev–Trinajstić information content (AvgIpc) is 2.69. The van der Waals surface area contributed by atoms with Gasteiger partial charge in [-0.05, 0) is 41.5 Å². The second kappa shape index (κ2) is 9.49. The van der Waals surface area contributed by atoms with Gasteiger partial charge in [0.05, 0.1) is 27.4 Å². The number of benzene rings is 2. The van der Waals surface area contributed by atoms with Crippen LogP contribution >= 0.6 is 0 Å². The Balaban J connectivity index is 2.00. The van der Waals surface area contributed by atoms with Crippen molar-refractivity contribution in [2.45, 2.75) is 6.10 Å². The van der Waals surface area contributed by atoms with Gasteiger partial charge in [-0.25, -0.2) is 0 Å². The van der Waals surface area contributed by atoms with E-state index >= 15 is 0 Å². The first-order chi connectivity index (χ1) is 13.0. The van der Waals surface area contributed by atoms with Crippen molar-refractivity contribution in [1.29, 1.82) is 0 Å². The zero-order valence-corrected chi connectivity index (χ0v) is 15.4. The van der Waals surface area contributed by atoms with Crippen molar-refractivity contribution in [2.24, 2.45) is 0 Å². The van der Waals surface area contributed by atoms with E-state index in [4.69, 9.17) is 14.2 Å². The van der Waals surface area contributed by atoms with E-state index in [1.807, 2.05) is 0 Å². The molecule has 2 rings (SSSR count). The minimum absolute atomic E-state index is 0.0448. The van der Waals surface area contributed by atoms with Gasteiger partial charge in [0, 0.05) is 12.6 Å². The third-order valence-electron chi connectivity index (χ3n) is 3.86. The fourth-order valence-corrected chi connectivity index (χ4v) is 2.44. The minimum atomic E-state index is -0.871. The first kappa shape index (κ1) is 20.1. The number of carbonyl (C=O) groups excluding carboxylic acids is 1. The van der Waals surface area contributed by atoms with Crippen LogP contribution in [0, 0.1) is 0 Å². The molecule has 27 heavy (non-hydrogen) atoms. The fraction of sp³-hybridized carbons (Fsp3) is 0.250. The zero-order valence-electron chi connectivity index (χ0n) is 15.4. The summed E-state index contributed by atoms with van der Waals surface area (Å²) in [5, 5.41) is 21.9. The van der Waals surface area contributed by atoms with E-state index in [1.54, 1.807) is 30.3 Å². The highest BCUT2D eigenvalue weighted by Crippen LogP contribution is 2.38. The molecule has 0 radical (unpaired) electrons. The molecule has 0 spiro atoms. The van der Waals surface area contributed by atoms with Gasteiger partial charge in [-0.1, -0.05) is 12.1 Å². The van der Waals surface area contributed by atoms with Gasteiger partial charge in [0.1, 0.15) is 5.75 Å². The second-order valence-electron chi connectivity index (χ2n) is 5.64. The van der Waals surface area contributed by atoms with Crippen LogP contribution in [0.1, 0.15) is 17.2 Å². The first-order valence-electron chi connectivity index (χ1n) is 8.21. The lowest BCUT2D eigenvalue weighted by Crippen LogP contribution is -2.26. The van der Waals surface area contributed by atoms with E-state index in [9.17, 15) is 15.0 Å². The summed E-state index contributed by atoms with van der Waals surface area (Å²) in [6.45, 7) is 0.0448. The molecule has 144 valence electrons. The van der Waals surface area contributed by atoms with Gasteiger partial charge in [-0.15, -0.1) is 0 Å². The van der Waals surface area contributed by atoms with Crippen molar-refractivity contribution in [1.82, 2.24) is 5.32 Å². The van der Waals surface area contributed by atoms with Crippen LogP contribution in [0.2, 0.25) is 0 Å². The molecule has 0 saturated carbocycles. The molecular weight excluding hydrogens is 350 g/mol. The Labute approximate surface area is 157 Å². The maximum absolute atomic E-state index is 12.0. The molecule has 1 amide bonds. The highest BCUT2D eigenvalue weighted by Gasteiger charge is 2.12. The normalized spacial score (nSPS) is 11.9. The van der Waals surface area contributed by atoms with Gasteiger partial charge in [0.15, 0.2) is 11.5 Å². The largest absolute Gasteiger partial charge is 0.508 e. The predicted molar refractivity (Wildman–Crippen MR) is 101 cm³/mol. The van der Waals surface area contributed by atoms with Crippen LogP contribution < -0.4 is 19.5 Å². The van der Waals surface area contributed by atoms with E-state index in [0.717, 1.165) is 0 Å². The van der Waals surface area contributed by atoms with Crippen molar-refractivity contribution in [3.63, 3.8) is 0 Å². The number of aromatic hydroxyl groups is 1. The summed E-state index contributed by atoms with van der Waals surface area (Å²) < 4.78 is 15.8. The molecule has 7 heteroatoms. The minimum Gasteiger partial charge on any atom is -0.508 e. The van der Waals surface area contributed by atoms with Gasteiger partial charge in [-0.3, -0.25) is 4.79 Å². The molecule has 0 bridgehead atoms. The molecule has 7 nitrogen and oxygen atoms in total. The number of ether oxygens (including phenoxy) is 3. The molecule has 1 atom stereocenters. The number of carbonyl (C=O) groups is 1. The Hall–Kier alpha value is -3.19. The van der Waals surface area contributed by atoms with Crippen molar-refractivity contribution < 1.29 is 29.2 Å². The van der Waals surface area contributed by atoms with E-state index in [-0.39, 0.29) is 18.2 Å². The molecule has 0 aliphatic heterocycles. The lowest BCUT2D eigenvalue weighted by atomic mass is 10.1. The highest BCUT2D eigenvalue weighted by atomic mass is 16.5. The van der Waals surface area contributed by atoms with Crippen molar-refractivity contribution in [3.8, 4) is 23.0 Å². The number of hydrogen-bond donors (Lipinski definition) is 3. The number of rotatable bonds is 8. The molecular formula is C20H23NO6. The number of phenols is 1. The molecule has 0 heterocycles. The summed E-state index contributed by atoms with van der Waals surface area (Å²) in [7, 11) is 4.55. The molecule has 0 aliphatic rings. The molecule has 0 aliphatic carbocycles. The van der Waals surface area contributed by atoms with E-state index < -0.39 is 6.10 Å². The van der Waals surface area contributed by atoms with Gasteiger partial charge in [0.2, 0.25) is 11.7 Å². The van der Waals surface area contributed by atoms with Crippen LogP contribution in [0.5, 0.6) is 23.0 Å². The standard InChI is InChI=1S/C20H23NO6/c1-25-17-10-13(11-18(26-2)20(17)27-3)4-9-19(24)21-12-16(23)14-5-7-15(22)8-6-14/h4-11,16,22-23H,12H2,1-3H3,(H,21,24)/b9-4+/t16-/m0/s1. The number of amides is 1. The number of methoxy groups -OCH3 is 3. The lowest BCUT2D eigenvalue weighted by Gasteiger charge is -2.13. The lowest BCUT2D eigenvalue weighted by molar-refractivity contribution is -0.116. The highest BCUT2D eigenvalue weighted by molar-refractivity contribution is 5.91. The quantitative estimate of drug-likeness (QED) is 0.614. The van der Waals surface area contributed by atoms with Gasteiger partial charge >= 0.3 is 0 Å². The molecule has 3 N–H and O–H groups in total. The van der Waals surface area contributed by atoms with Crippen molar-refractivity contribution in [2.75, 3.05) is 27.9 Å². The van der Waals surface area contributed by atoms with E-state index in [2.05, 4.69) is 5.32 Å². The zero-order chi connectivity index (χ0) is 19.8. The third-order valence-corrected chi connectivity index (χ3v) is 3.86. The monoisotopic (exact) mass is 373 g/mol. The maximum Gasteiger partial charge on any atom is 0.244 e. The fourth-order valence-electron chi connectivity index (χ4n) is 2.44. The van der Waals surface area contributed by atoms with Gasteiger partial charge in [0.25, 0.3) is 0 Å². The van der Waals surface area contributed by atoms with Crippen LogP contribution in [0.3, 0.4) is 0 Å². The predicted octanol–water partition coefficient (Wildman–Crippen LogP) is 2.28. The smallest absolute Gasteiger partial charge is 0.244 e. The molecule has 2 aromatic carbocycles. The topological polar surface area (TPSA) is 97.3 Å². The van der Waals surface area contributed by atoms with Crippen LogP contribution in [0.15, 0.2) is 42.5 Å². The number of aliphatic hydroxyl groups is 1. The molecule has 0 fully saturated rings. The summed E-state index contributed by atoms with van der Waals surface area (Å²) in [4.78, 5) is 12.0. The Kier molecular flexibility index (Phi) is 7.08. The Bertz CT molecular complexity index is 776. The number of phenolic OH excluding ortho intramolecular Hbond substituents is 1. The summed E-state index contributed by atoms with van der Waals surface area (Å²) >= 11 is 0. The maximum atomic E-state index is 12.0. The van der Waals surface area contributed by atoms with E-state index in [1.165, 1.54) is 39.5 Å². The summed E-state index contributed by atoms with van der Waals surface area (Å²) in [6, 6.07) is 9.58. The number of nitrogens with one attached hydrogen (secondary N) is 1. The van der Waals surface area contributed by atoms with Crippen LogP contribution in [0.25, 0.3) is 6.08 Å². The SMILES string of the molecule is COc1cc(/C=C/C(=O)NC[C@H](O)c2ccc(O)cc2)cc(OC)c1OC. The number of aliphatic hydroxyl groups excluding tert-OH is 1. The second-order valence-corrected chi connectivity index (χ2v) is 5.64. The average molecular weight is 373 g/mol. The molecule has 2 aromatic rings. The Morgan fingerprint density at radius 1 is 1.07 bits per heavy atom. The number of hydrogen-bond acceptors (Lipinski definition) is 6. The van der Waals surface area contributed by atoms with Gasteiger partial charge < -0.3 is 29.7 Å².